The number of amides is 1. The second-order valence-electron chi connectivity index (χ2n) is 11.4. The minimum absolute atomic E-state index is 0.430. The zero-order valence-electron chi connectivity index (χ0n) is 28.0. The Labute approximate surface area is 283 Å². The van der Waals surface area contributed by atoms with Crippen molar-refractivity contribution in [1.82, 2.24) is 15.8 Å². The zero-order chi connectivity index (χ0) is 35.5. The first-order valence-corrected chi connectivity index (χ1v) is 15.7. The Morgan fingerprint density at radius 3 is 2.16 bits per heavy atom. The highest BCUT2D eigenvalue weighted by molar-refractivity contribution is 5.91. The molecule has 262 valence electrons. The number of carbonyl (C=O) groups excluding carboxylic acids is 5. The van der Waals surface area contributed by atoms with Crippen molar-refractivity contribution in [3.05, 3.63) is 77.0 Å². The minimum atomic E-state index is -1.55. The molecule has 0 radical (unpaired) electrons. The Hall–Kier alpha value is -5.05. The summed E-state index contributed by atoms with van der Waals surface area (Å²) in [6, 6.07) is 15.9. The topological polar surface area (TPSA) is 181 Å². The lowest BCUT2D eigenvalue weighted by atomic mass is 9.98. The summed E-state index contributed by atoms with van der Waals surface area (Å²) in [5, 5.41) is 4.72. The number of nitrogens with one attached hydrogen (secondary N) is 3. The molecule has 0 bridgehead atoms. The van der Waals surface area contributed by atoms with Gasteiger partial charge in [-0.2, -0.15) is 0 Å². The molecule has 14 nitrogen and oxygen atoms in total. The van der Waals surface area contributed by atoms with Crippen LogP contribution in [0.3, 0.4) is 0 Å². The number of aromatic nitrogens is 1. The number of H-pyrrole nitrogens is 1. The van der Waals surface area contributed by atoms with E-state index in [0.29, 0.717) is 6.54 Å². The number of benzene rings is 2. The monoisotopic (exact) mass is 679 g/mol. The summed E-state index contributed by atoms with van der Waals surface area (Å²) in [6.07, 6.45) is -3.33. The molecule has 3 aromatic rings. The summed E-state index contributed by atoms with van der Waals surface area (Å²) >= 11 is 0. The first-order valence-electron chi connectivity index (χ1n) is 15.7. The van der Waals surface area contributed by atoms with Gasteiger partial charge in [0.1, 0.15) is 12.7 Å². The number of hydrogen-bond acceptors (Lipinski definition) is 12. The number of hydrogen-bond donors (Lipinski definition) is 3. The molecule has 14 heteroatoms. The predicted molar refractivity (Wildman–Crippen MR) is 175 cm³/mol. The summed E-state index contributed by atoms with van der Waals surface area (Å²) in [4.78, 5) is 68.8. The maximum atomic E-state index is 12.7. The first kappa shape index (κ1) is 36.8. The molecular weight excluding hydrogens is 638 g/mol. The van der Waals surface area contributed by atoms with E-state index in [1.165, 1.54) is 22.7 Å². The van der Waals surface area contributed by atoms with Crippen molar-refractivity contribution in [3.8, 4) is 0 Å². The van der Waals surface area contributed by atoms with Gasteiger partial charge in [0.05, 0.1) is 0 Å². The molecule has 49 heavy (non-hydrogen) atoms. The van der Waals surface area contributed by atoms with Crippen LogP contribution in [-0.4, -0.2) is 78.6 Å². The number of aryl methyl sites for hydroxylation is 1. The number of para-hydroxylation sites is 1. The fourth-order valence-corrected chi connectivity index (χ4v) is 5.46. The van der Waals surface area contributed by atoms with Gasteiger partial charge >= 0.3 is 23.9 Å². The van der Waals surface area contributed by atoms with Crippen LogP contribution in [0.2, 0.25) is 0 Å². The molecule has 1 aliphatic rings. The number of rotatable bonds is 14. The third-order valence-electron chi connectivity index (χ3n) is 7.54. The lowest BCUT2D eigenvalue weighted by molar-refractivity contribution is -0.318. The molecule has 0 saturated carbocycles. The Kier molecular flexibility index (Phi) is 13.0. The molecule has 3 N–H and O–H groups in total. The van der Waals surface area contributed by atoms with Gasteiger partial charge in [-0.1, -0.05) is 42.5 Å². The summed E-state index contributed by atoms with van der Waals surface area (Å²) in [6.45, 7) is 7.62. The van der Waals surface area contributed by atoms with Gasteiger partial charge in [-0.05, 0) is 48.7 Å². The highest BCUT2D eigenvalue weighted by Gasteiger charge is 2.53. The quantitative estimate of drug-likeness (QED) is 0.0747. The number of carbonyl (C=O) groups is 5. The minimum Gasteiger partial charge on any atom is -0.463 e. The van der Waals surface area contributed by atoms with E-state index in [1.54, 1.807) is 6.08 Å². The fourth-order valence-electron chi connectivity index (χ4n) is 5.46. The van der Waals surface area contributed by atoms with Gasteiger partial charge in [0.2, 0.25) is 6.29 Å². The van der Waals surface area contributed by atoms with E-state index >= 15 is 0 Å². The smallest absolute Gasteiger partial charge is 0.303 e. The number of ether oxygens (including phenoxy) is 5. The average Bonchev–Trinajstić information content (AvgIpc) is 3.36. The number of fused-ring (bicyclic) bond motifs is 1. The van der Waals surface area contributed by atoms with Gasteiger partial charge < -0.3 is 34.0 Å². The molecule has 2 aromatic carbocycles. The van der Waals surface area contributed by atoms with E-state index in [0.717, 1.165) is 57.3 Å². The van der Waals surface area contributed by atoms with Crippen LogP contribution in [0.1, 0.15) is 50.1 Å². The molecule has 1 aromatic heterocycles. The number of esters is 4. The fraction of sp³-hybridized carbons (Fsp3) is 0.400. The molecule has 2 heterocycles. The number of hydroxylamine groups is 1. The van der Waals surface area contributed by atoms with Crippen molar-refractivity contribution in [1.29, 1.82) is 0 Å². The van der Waals surface area contributed by atoms with E-state index in [2.05, 4.69) is 34.8 Å². The molecule has 1 fully saturated rings. The second-order valence-corrected chi connectivity index (χ2v) is 11.4. The van der Waals surface area contributed by atoms with Crippen molar-refractivity contribution in [3.63, 3.8) is 0 Å². The van der Waals surface area contributed by atoms with Crippen LogP contribution in [0, 0.1) is 6.92 Å². The molecule has 1 saturated heterocycles. The lowest BCUT2D eigenvalue weighted by Crippen LogP contribution is -2.63. The SMILES string of the molecule is CC(=O)OCC1O[C@@H](ONC(=O)/C=C/c2ccc(CNCCc3c(C)[nH]c4ccccc34)cc2)[C@H](OC(C)=O)[C@@H](OC(C)=O)[C@H]1OC(C)=O. The summed E-state index contributed by atoms with van der Waals surface area (Å²) < 4.78 is 26.8. The summed E-state index contributed by atoms with van der Waals surface area (Å²) in [5.41, 5.74) is 7.64. The van der Waals surface area contributed by atoms with Gasteiger partial charge in [-0.25, -0.2) is 10.3 Å². The predicted octanol–water partition coefficient (Wildman–Crippen LogP) is 2.95. The van der Waals surface area contributed by atoms with Crippen LogP contribution < -0.4 is 10.8 Å². The largest absolute Gasteiger partial charge is 0.463 e. The molecule has 0 spiro atoms. The maximum absolute atomic E-state index is 12.7. The van der Waals surface area contributed by atoms with Crippen LogP contribution in [-0.2, 0) is 65.5 Å². The molecule has 1 amide bonds. The molecule has 4 rings (SSSR count). The van der Waals surface area contributed by atoms with E-state index in [9.17, 15) is 24.0 Å². The van der Waals surface area contributed by atoms with Crippen LogP contribution in [0.5, 0.6) is 0 Å². The van der Waals surface area contributed by atoms with E-state index < -0.39 is 67.1 Å². The van der Waals surface area contributed by atoms with Crippen molar-refractivity contribution in [2.24, 2.45) is 0 Å². The Morgan fingerprint density at radius 1 is 0.837 bits per heavy atom. The molecular formula is C35H41N3O11. The first-order chi connectivity index (χ1) is 23.4. The van der Waals surface area contributed by atoms with Crippen molar-refractivity contribution in [2.45, 2.75) is 78.3 Å². The van der Waals surface area contributed by atoms with Crippen LogP contribution in [0.25, 0.3) is 17.0 Å². The highest BCUT2D eigenvalue weighted by atomic mass is 16.8. The van der Waals surface area contributed by atoms with Gasteiger partial charge in [0.25, 0.3) is 5.91 Å². The van der Waals surface area contributed by atoms with Crippen LogP contribution in [0.4, 0.5) is 0 Å². The van der Waals surface area contributed by atoms with Gasteiger partial charge in [0, 0.05) is 56.9 Å². The maximum Gasteiger partial charge on any atom is 0.303 e. The average molecular weight is 680 g/mol. The number of aromatic amines is 1. The standard InChI is InChI=1S/C35H41N3O11/c1-20-27(28-8-6-7-9-29(28)37-20)16-17-36-18-26-12-10-25(11-13-26)14-15-31(43)38-49-35-34(47-24(5)42)33(46-23(4)41)32(45-22(3)40)30(48-35)19-44-21(2)39/h6-15,30,32-37H,16-19H2,1-5H3,(H,38,43)/b15-14+/t30?,32-,33-,34+,35-/m0/s1. The molecule has 1 unspecified atom stereocenters. The Balaban J connectivity index is 1.34. The van der Waals surface area contributed by atoms with Gasteiger partial charge in [-0.3, -0.25) is 24.0 Å². The van der Waals surface area contributed by atoms with Crippen LogP contribution in [0.15, 0.2) is 54.6 Å². The second kappa shape index (κ2) is 17.4. The highest BCUT2D eigenvalue weighted by Crippen LogP contribution is 2.29. The molecule has 5 atom stereocenters. The zero-order valence-corrected chi connectivity index (χ0v) is 28.0. The van der Waals surface area contributed by atoms with Crippen molar-refractivity contribution in [2.75, 3.05) is 13.2 Å². The van der Waals surface area contributed by atoms with E-state index in [1.807, 2.05) is 36.4 Å². The summed E-state index contributed by atoms with van der Waals surface area (Å²) in [7, 11) is 0. The normalized spacial score (nSPS) is 20.5. The van der Waals surface area contributed by atoms with Gasteiger partial charge in [-0.15, -0.1) is 0 Å². The van der Waals surface area contributed by atoms with Crippen molar-refractivity contribution >= 4 is 46.8 Å². The summed E-state index contributed by atoms with van der Waals surface area (Å²) in [5.74, 6) is -3.70. The third-order valence-corrected chi connectivity index (χ3v) is 7.54. The molecule has 1 aliphatic heterocycles. The van der Waals surface area contributed by atoms with E-state index in [-0.39, 0.29) is 0 Å². The van der Waals surface area contributed by atoms with E-state index in [4.69, 9.17) is 28.5 Å². The Morgan fingerprint density at radius 2 is 1.49 bits per heavy atom. The van der Waals surface area contributed by atoms with Gasteiger partial charge in [0.15, 0.2) is 18.3 Å². The Bertz CT molecular complexity index is 1670. The van der Waals surface area contributed by atoms with Crippen molar-refractivity contribution < 1.29 is 52.5 Å². The molecule has 0 aliphatic carbocycles. The van der Waals surface area contributed by atoms with Crippen LogP contribution >= 0.6 is 0 Å². The lowest BCUT2D eigenvalue weighted by Gasteiger charge is -2.43. The third kappa shape index (κ3) is 10.7.